The first kappa shape index (κ1) is 17.4. The van der Waals surface area contributed by atoms with Crippen LogP contribution in [-0.2, 0) is 20.9 Å². The van der Waals surface area contributed by atoms with Gasteiger partial charge >= 0.3 is 5.97 Å². The summed E-state index contributed by atoms with van der Waals surface area (Å²) in [7, 11) is 1.27. The van der Waals surface area contributed by atoms with Gasteiger partial charge in [0.2, 0.25) is 0 Å². The van der Waals surface area contributed by atoms with Gasteiger partial charge in [-0.15, -0.1) is 0 Å². The summed E-state index contributed by atoms with van der Waals surface area (Å²) in [5.74, 6) is 0.0333. The van der Waals surface area contributed by atoms with Crippen LogP contribution in [0.15, 0.2) is 24.3 Å². The lowest BCUT2D eigenvalue weighted by Gasteiger charge is -2.12. The highest BCUT2D eigenvalue weighted by Crippen LogP contribution is 2.14. The molecule has 0 fully saturated rings. The second kappa shape index (κ2) is 9.30. The van der Waals surface area contributed by atoms with Gasteiger partial charge in [0.15, 0.2) is 0 Å². The second-order valence-corrected chi connectivity index (χ2v) is 4.44. The van der Waals surface area contributed by atoms with Gasteiger partial charge in [0.1, 0.15) is 24.5 Å². The Morgan fingerprint density at radius 1 is 1.38 bits per heavy atom. The highest BCUT2D eigenvalue weighted by Gasteiger charge is 2.13. The van der Waals surface area contributed by atoms with E-state index < -0.39 is 18.1 Å². The highest BCUT2D eigenvalue weighted by atomic mass is 16.5. The monoisotopic (exact) mass is 299 g/mol. The van der Waals surface area contributed by atoms with E-state index in [0.717, 1.165) is 5.56 Å². The molecule has 1 aromatic rings. The van der Waals surface area contributed by atoms with Gasteiger partial charge in [-0.2, -0.15) is 0 Å². The van der Waals surface area contributed by atoms with Crippen molar-refractivity contribution in [2.24, 2.45) is 5.73 Å². The lowest BCUT2D eigenvalue weighted by Crippen LogP contribution is -2.36. The summed E-state index contributed by atoms with van der Waals surface area (Å²) in [6.45, 7) is -0.0202. The molecule has 0 saturated heterocycles. The highest BCUT2D eigenvalue weighted by molar-refractivity contribution is 5.75. The summed E-state index contributed by atoms with van der Waals surface area (Å²) in [5, 5.41) is 17.9. The number of esters is 1. The predicted molar refractivity (Wildman–Crippen MR) is 74.7 cm³/mol. The molecule has 118 valence electrons. The van der Waals surface area contributed by atoms with Crippen molar-refractivity contribution in [3.05, 3.63) is 29.8 Å². The molecule has 0 heterocycles. The average molecular weight is 299 g/mol. The first-order chi connectivity index (χ1) is 10.1. The average Bonchev–Trinajstić information content (AvgIpc) is 2.52. The van der Waals surface area contributed by atoms with Crippen LogP contribution in [0, 0.1) is 0 Å². The van der Waals surface area contributed by atoms with E-state index in [-0.39, 0.29) is 26.4 Å². The zero-order valence-corrected chi connectivity index (χ0v) is 11.9. The van der Waals surface area contributed by atoms with Crippen molar-refractivity contribution < 1.29 is 29.2 Å². The number of carbonyl (C=O) groups excluding carboxylic acids is 1. The molecule has 0 radical (unpaired) electrons. The molecular formula is C14H21NO6. The van der Waals surface area contributed by atoms with Crippen LogP contribution in [0.4, 0.5) is 0 Å². The smallest absolute Gasteiger partial charge is 0.325 e. The van der Waals surface area contributed by atoms with Gasteiger partial charge in [-0.1, -0.05) is 12.1 Å². The standard InChI is InChI=1S/C14H21NO6/c1-19-14(18)13(15)9-20-7-10-3-2-4-12(5-10)21-8-11(17)6-16/h2-5,11,13,16-17H,6-9,15H2,1H3/t11?,13-/m0/s1. The maximum atomic E-state index is 11.1. The molecule has 0 aliphatic rings. The van der Waals surface area contributed by atoms with Gasteiger partial charge in [-0.3, -0.25) is 4.79 Å². The number of hydrogen-bond acceptors (Lipinski definition) is 7. The van der Waals surface area contributed by atoms with E-state index in [2.05, 4.69) is 4.74 Å². The minimum atomic E-state index is -0.914. The second-order valence-electron chi connectivity index (χ2n) is 4.44. The third-order valence-corrected chi connectivity index (χ3v) is 2.62. The number of hydrogen-bond donors (Lipinski definition) is 3. The molecule has 0 saturated carbocycles. The zero-order chi connectivity index (χ0) is 15.7. The summed E-state index contributed by atoms with van der Waals surface area (Å²) in [4.78, 5) is 11.1. The number of aliphatic hydroxyl groups excluding tert-OH is 2. The fraction of sp³-hybridized carbons (Fsp3) is 0.500. The molecule has 0 aliphatic carbocycles. The number of aliphatic hydroxyl groups is 2. The number of nitrogens with two attached hydrogens (primary N) is 1. The SMILES string of the molecule is COC(=O)[C@@H](N)COCc1cccc(OCC(O)CO)c1. The van der Waals surface area contributed by atoms with Crippen LogP contribution in [-0.4, -0.2) is 55.3 Å². The number of rotatable bonds is 9. The van der Waals surface area contributed by atoms with Crippen molar-refractivity contribution in [2.45, 2.75) is 18.8 Å². The maximum absolute atomic E-state index is 11.1. The Labute approximate surface area is 123 Å². The molecule has 1 rings (SSSR count). The normalized spacial score (nSPS) is 13.5. The molecule has 1 unspecified atom stereocenters. The molecule has 7 heteroatoms. The Kier molecular flexibility index (Phi) is 7.70. The Balaban J connectivity index is 2.40. The zero-order valence-electron chi connectivity index (χ0n) is 11.9. The summed E-state index contributed by atoms with van der Waals surface area (Å²) in [5.41, 5.74) is 6.38. The molecule has 2 atom stereocenters. The number of carbonyl (C=O) groups is 1. The van der Waals surface area contributed by atoms with Gasteiger partial charge in [0.05, 0.1) is 26.9 Å². The lowest BCUT2D eigenvalue weighted by molar-refractivity contribution is -0.143. The first-order valence-corrected chi connectivity index (χ1v) is 6.48. The largest absolute Gasteiger partial charge is 0.491 e. The van der Waals surface area contributed by atoms with E-state index in [4.69, 9.17) is 20.3 Å². The Hall–Kier alpha value is -1.67. The minimum absolute atomic E-state index is 0.00796. The number of ether oxygens (including phenoxy) is 3. The van der Waals surface area contributed by atoms with Crippen LogP contribution in [0.3, 0.4) is 0 Å². The lowest BCUT2D eigenvalue weighted by atomic mass is 10.2. The predicted octanol–water partition coefficient (Wildman–Crippen LogP) is -0.564. The molecule has 0 spiro atoms. The molecule has 0 bridgehead atoms. The minimum Gasteiger partial charge on any atom is -0.491 e. The van der Waals surface area contributed by atoms with E-state index in [1.54, 1.807) is 18.2 Å². The molecule has 0 aromatic heterocycles. The van der Waals surface area contributed by atoms with E-state index >= 15 is 0 Å². The molecular weight excluding hydrogens is 278 g/mol. The van der Waals surface area contributed by atoms with Crippen LogP contribution in [0.2, 0.25) is 0 Å². The number of methoxy groups -OCH3 is 1. The van der Waals surface area contributed by atoms with Crippen molar-refractivity contribution in [1.29, 1.82) is 0 Å². The molecule has 0 amide bonds. The quantitative estimate of drug-likeness (QED) is 0.524. The molecule has 1 aromatic carbocycles. The van der Waals surface area contributed by atoms with Crippen molar-refractivity contribution in [3.8, 4) is 5.75 Å². The van der Waals surface area contributed by atoms with Crippen molar-refractivity contribution in [3.63, 3.8) is 0 Å². The van der Waals surface area contributed by atoms with Crippen molar-refractivity contribution in [1.82, 2.24) is 0 Å². The molecule has 7 nitrogen and oxygen atoms in total. The maximum Gasteiger partial charge on any atom is 0.325 e. The Bertz CT molecular complexity index is 439. The van der Waals surface area contributed by atoms with Gasteiger partial charge in [0.25, 0.3) is 0 Å². The van der Waals surface area contributed by atoms with E-state index in [1.807, 2.05) is 6.07 Å². The van der Waals surface area contributed by atoms with Gasteiger partial charge in [-0.25, -0.2) is 0 Å². The van der Waals surface area contributed by atoms with E-state index in [9.17, 15) is 9.90 Å². The topological polar surface area (TPSA) is 111 Å². The third-order valence-electron chi connectivity index (χ3n) is 2.62. The third kappa shape index (κ3) is 6.54. The Morgan fingerprint density at radius 2 is 2.14 bits per heavy atom. The van der Waals surface area contributed by atoms with Crippen molar-refractivity contribution in [2.75, 3.05) is 26.9 Å². The van der Waals surface area contributed by atoms with Crippen molar-refractivity contribution >= 4 is 5.97 Å². The van der Waals surface area contributed by atoms with Crippen LogP contribution in [0.5, 0.6) is 5.75 Å². The van der Waals surface area contributed by atoms with Crippen LogP contribution >= 0.6 is 0 Å². The summed E-state index contributed by atoms with van der Waals surface area (Å²) in [6, 6.07) is 6.27. The summed E-state index contributed by atoms with van der Waals surface area (Å²) < 4.78 is 15.1. The first-order valence-electron chi connectivity index (χ1n) is 6.48. The number of benzene rings is 1. The van der Waals surface area contributed by atoms with E-state index in [1.165, 1.54) is 7.11 Å². The molecule has 4 N–H and O–H groups in total. The summed E-state index contributed by atoms with van der Waals surface area (Å²) >= 11 is 0. The van der Waals surface area contributed by atoms with Gasteiger partial charge in [-0.05, 0) is 17.7 Å². The molecule has 0 aliphatic heterocycles. The molecule has 21 heavy (non-hydrogen) atoms. The van der Waals surface area contributed by atoms with Gasteiger partial charge < -0.3 is 30.2 Å². The Morgan fingerprint density at radius 3 is 2.81 bits per heavy atom. The fourth-order valence-electron chi connectivity index (χ4n) is 1.49. The van der Waals surface area contributed by atoms with Crippen LogP contribution in [0.25, 0.3) is 0 Å². The fourth-order valence-corrected chi connectivity index (χ4v) is 1.49. The van der Waals surface area contributed by atoms with E-state index in [0.29, 0.717) is 5.75 Å². The van der Waals surface area contributed by atoms with Crippen LogP contribution in [0.1, 0.15) is 5.56 Å². The van der Waals surface area contributed by atoms with Crippen LogP contribution < -0.4 is 10.5 Å². The summed E-state index contributed by atoms with van der Waals surface area (Å²) in [6.07, 6.45) is -0.914. The van der Waals surface area contributed by atoms with Gasteiger partial charge in [0, 0.05) is 0 Å².